The fourth-order valence-electron chi connectivity index (χ4n) is 2.46. The lowest BCUT2D eigenvalue weighted by Gasteiger charge is -2.23. The molecule has 0 aliphatic heterocycles. The van der Waals surface area contributed by atoms with Crippen LogP contribution in [0.5, 0.6) is 5.75 Å². The molecule has 0 spiro atoms. The van der Waals surface area contributed by atoms with Gasteiger partial charge in [-0.1, -0.05) is 15.9 Å². The third-order valence-electron chi connectivity index (χ3n) is 3.96. The first kappa shape index (κ1) is 11.5. The Kier molecular flexibility index (Phi) is 2.71. The maximum absolute atomic E-state index is 6.16. The van der Waals surface area contributed by atoms with Crippen molar-refractivity contribution >= 4 is 15.9 Å². The van der Waals surface area contributed by atoms with E-state index in [0.29, 0.717) is 6.10 Å². The van der Waals surface area contributed by atoms with E-state index in [9.17, 15) is 0 Å². The summed E-state index contributed by atoms with van der Waals surface area (Å²) in [5.74, 6) is 1.05. The number of hydrogen-bond donors (Lipinski definition) is 1. The van der Waals surface area contributed by atoms with Crippen molar-refractivity contribution in [2.45, 2.75) is 50.2 Å². The number of benzene rings is 1. The van der Waals surface area contributed by atoms with Gasteiger partial charge >= 0.3 is 0 Å². The van der Waals surface area contributed by atoms with Crippen LogP contribution in [0.1, 0.15) is 38.2 Å². The average molecular weight is 296 g/mol. The summed E-state index contributed by atoms with van der Waals surface area (Å²) < 4.78 is 7.13. The van der Waals surface area contributed by atoms with E-state index in [2.05, 4.69) is 41.1 Å². The first-order valence-electron chi connectivity index (χ1n) is 6.34. The fourth-order valence-corrected chi connectivity index (χ4v) is 2.83. The first-order chi connectivity index (χ1) is 8.12. The highest BCUT2D eigenvalue weighted by Gasteiger charge is 2.49. The molecule has 1 aromatic rings. The second-order valence-electron chi connectivity index (χ2n) is 5.40. The summed E-state index contributed by atoms with van der Waals surface area (Å²) in [4.78, 5) is 0. The highest BCUT2D eigenvalue weighted by Crippen LogP contribution is 2.54. The van der Waals surface area contributed by atoms with E-state index in [4.69, 9.17) is 10.5 Å². The minimum atomic E-state index is 0.161. The highest BCUT2D eigenvalue weighted by atomic mass is 79.9. The number of ether oxygens (including phenoxy) is 1. The number of rotatable bonds is 4. The Morgan fingerprint density at radius 2 is 2.12 bits per heavy atom. The zero-order valence-corrected chi connectivity index (χ0v) is 11.7. The van der Waals surface area contributed by atoms with Gasteiger partial charge in [0.1, 0.15) is 5.75 Å². The van der Waals surface area contributed by atoms with Crippen molar-refractivity contribution in [3.8, 4) is 5.75 Å². The fraction of sp³-hybridized carbons (Fsp3) is 0.571. The zero-order valence-electron chi connectivity index (χ0n) is 10.1. The van der Waals surface area contributed by atoms with E-state index in [1.54, 1.807) is 0 Å². The molecule has 3 heteroatoms. The van der Waals surface area contributed by atoms with E-state index in [1.807, 2.05) is 0 Å². The second-order valence-corrected chi connectivity index (χ2v) is 6.32. The predicted molar refractivity (Wildman–Crippen MR) is 72.4 cm³/mol. The van der Waals surface area contributed by atoms with Gasteiger partial charge in [0, 0.05) is 21.5 Å². The Hall–Kier alpha value is -0.540. The lowest BCUT2D eigenvalue weighted by Crippen LogP contribution is -2.32. The van der Waals surface area contributed by atoms with Gasteiger partial charge in [0.05, 0.1) is 6.10 Å². The Morgan fingerprint density at radius 1 is 1.41 bits per heavy atom. The summed E-state index contributed by atoms with van der Waals surface area (Å²) >= 11 is 3.55. The Balaban J connectivity index is 1.97. The van der Waals surface area contributed by atoms with Gasteiger partial charge in [0.15, 0.2) is 0 Å². The molecule has 2 aliphatic carbocycles. The van der Waals surface area contributed by atoms with Gasteiger partial charge in [-0.2, -0.15) is 0 Å². The van der Waals surface area contributed by atoms with E-state index in [0.717, 1.165) is 10.2 Å². The summed E-state index contributed by atoms with van der Waals surface area (Å²) in [5.41, 5.74) is 7.62. The van der Waals surface area contributed by atoms with Gasteiger partial charge in [-0.25, -0.2) is 0 Å². The van der Waals surface area contributed by atoms with E-state index in [-0.39, 0.29) is 11.5 Å². The molecule has 92 valence electrons. The molecule has 0 aromatic heterocycles. The van der Waals surface area contributed by atoms with Crippen LogP contribution in [0.3, 0.4) is 0 Å². The molecule has 3 rings (SSSR count). The lowest BCUT2D eigenvalue weighted by molar-refractivity contribution is 0.295. The van der Waals surface area contributed by atoms with Crippen LogP contribution in [0.4, 0.5) is 0 Å². The molecule has 1 aromatic carbocycles. The van der Waals surface area contributed by atoms with Gasteiger partial charge in [0.25, 0.3) is 0 Å². The normalized spacial score (nSPS) is 23.2. The smallest absolute Gasteiger partial charge is 0.123 e. The number of hydrogen-bond acceptors (Lipinski definition) is 2. The standard InChI is InChI=1S/C14H18BrNO/c1-9(16)14(6-7-14)12-8-10(15)2-5-13(12)17-11-3-4-11/h2,5,8-9,11H,3-4,6-7,16H2,1H3. The van der Waals surface area contributed by atoms with Crippen molar-refractivity contribution in [2.75, 3.05) is 0 Å². The minimum absolute atomic E-state index is 0.161. The van der Waals surface area contributed by atoms with Crippen LogP contribution in [0.25, 0.3) is 0 Å². The molecule has 1 unspecified atom stereocenters. The molecule has 0 bridgehead atoms. The SMILES string of the molecule is CC(N)C1(c2cc(Br)ccc2OC2CC2)CC1. The maximum atomic E-state index is 6.16. The summed E-state index contributed by atoms with van der Waals surface area (Å²) in [5, 5.41) is 0. The number of nitrogens with two attached hydrogens (primary N) is 1. The molecule has 2 aliphatic rings. The molecule has 1 atom stereocenters. The van der Waals surface area contributed by atoms with Crippen LogP contribution < -0.4 is 10.5 Å². The van der Waals surface area contributed by atoms with E-state index < -0.39 is 0 Å². The highest BCUT2D eigenvalue weighted by molar-refractivity contribution is 9.10. The third-order valence-corrected chi connectivity index (χ3v) is 4.45. The van der Waals surface area contributed by atoms with Crippen molar-refractivity contribution in [1.82, 2.24) is 0 Å². The van der Waals surface area contributed by atoms with Crippen LogP contribution in [0, 0.1) is 0 Å². The van der Waals surface area contributed by atoms with Crippen LogP contribution in [0.15, 0.2) is 22.7 Å². The number of halogens is 1. The monoisotopic (exact) mass is 295 g/mol. The van der Waals surface area contributed by atoms with E-state index in [1.165, 1.54) is 31.2 Å². The summed E-state index contributed by atoms with van der Waals surface area (Å²) in [6, 6.07) is 6.52. The van der Waals surface area contributed by atoms with Crippen LogP contribution >= 0.6 is 15.9 Å². The molecule has 2 fully saturated rings. The van der Waals surface area contributed by atoms with Gasteiger partial charge in [-0.15, -0.1) is 0 Å². The largest absolute Gasteiger partial charge is 0.490 e. The third kappa shape index (κ3) is 2.11. The van der Waals surface area contributed by atoms with Gasteiger partial charge in [0.2, 0.25) is 0 Å². The van der Waals surface area contributed by atoms with Crippen LogP contribution in [-0.2, 0) is 5.41 Å². The molecule has 0 amide bonds. The van der Waals surface area contributed by atoms with Gasteiger partial charge in [-0.05, 0) is 50.8 Å². The van der Waals surface area contributed by atoms with Crippen molar-refractivity contribution in [2.24, 2.45) is 5.73 Å². The van der Waals surface area contributed by atoms with Gasteiger partial charge in [-0.3, -0.25) is 0 Å². The second kappa shape index (κ2) is 3.99. The minimum Gasteiger partial charge on any atom is -0.490 e. The van der Waals surface area contributed by atoms with Gasteiger partial charge < -0.3 is 10.5 Å². The van der Waals surface area contributed by atoms with Crippen molar-refractivity contribution < 1.29 is 4.74 Å². The van der Waals surface area contributed by atoms with Crippen molar-refractivity contribution in [3.05, 3.63) is 28.2 Å². The molecule has 0 saturated heterocycles. The molecule has 2 saturated carbocycles. The maximum Gasteiger partial charge on any atom is 0.123 e. The molecule has 2 nitrogen and oxygen atoms in total. The quantitative estimate of drug-likeness (QED) is 0.924. The Morgan fingerprint density at radius 3 is 2.65 bits per heavy atom. The zero-order chi connectivity index (χ0) is 12.0. The molecule has 0 heterocycles. The summed E-state index contributed by atoms with van der Waals surface area (Å²) in [6.07, 6.45) is 5.20. The topological polar surface area (TPSA) is 35.2 Å². The van der Waals surface area contributed by atoms with Crippen molar-refractivity contribution in [3.63, 3.8) is 0 Å². The molecule has 17 heavy (non-hydrogen) atoms. The molecular weight excluding hydrogens is 278 g/mol. The van der Waals surface area contributed by atoms with E-state index >= 15 is 0 Å². The first-order valence-corrected chi connectivity index (χ1v) is 7.13. The summed E-state index contributed by atoms with van der Waals surface area (Å²) in [7, 11) is 0. The molecule has 2 N–H and O–H groups in total. The Bertz CT molecular complexity index is 436. The summed E-state index contributed by atoms with van der Waals surface area (Å²) in [6.45, 7) is 2.11. The Labute approximate surface area is 111 Å². The van der Waals surface area contributed by atoms with Crippen LogP contribution in [-0.4, -0.2) is 12.1 Å². The molecule has 0 radical (unpaired) electrons. The van der Waals surface area contributed by atoms with Crippen molar-refractivity contribution in [1.29, 1.82) is 0 Å². The predicted octanol–water partition coefficient (Wildman–Crippen LogP) is 3.37. The molecular formula is C14H18BrNO. The lowest BCUT2D eigenvalue weighted by atomic mass is 9.89. The van der Waals surface area contributed by atoms with Crippen LogP contribution in [0.2, 0.25) is 0 Å². The average Bonchev–Trinajstić information content (AvgIpc) is 3.13.